The quantitative estimate of drug-likeness (QED) is 0.590. The summed E-state index contributed by atoms with van der Waals surface area (Å²) >= 11 is 0. The van der Waals surface area contributed by atoms with E-state index in [0.717, 1.165) is 29.7 Å². The number of aromatic nitrogens is 2. The van der Waals surface area contributed by atoms with Gasteiger partial charge >= 0.3 is 0 Å². The summed E-state index contributed by atoms with van der Waals surface area (Å²) in [6, 6.07) is 12.9. The predicted molar refractivity (Wildman–Crippen MR) is 123 cm³/mol. The van der Waals surface area contributed by atoms with E-state index in [9.17, 15) is 9.59 Å². The molecule has 2 aliphatic rings. The average molecular weight is 426 g/mol. The first-order valence-electron chi connectivity index (χ1n) is 10.5. The van der Waals surface area contributed by atoms with Crippen molar-refractivity contribution < 1.29 is 9.59 Å². The Kier molecular flexibility index (Phi) is 4.89. The third kappa shape index (κ3) is 3.71. The highest BCUT2D eigenvalue weighted by Gasteiger charge is 2.25. The van der Waals surface area contributed by atoms with E-state index in [1.807, 2.05) is 25.1 Å². The molecule has 0 unspecified atom stereocenters. The molecule has 160 valence electrons. The smallest absolute Gasteiger partial charge is 0.251 e. The predicted octanol–water partition coefficient (Wildman–Crippen LogP) is 3.06. The van der Waals surface area contributed by atoms with Crippen LogP contribution in [0.5, 0.6) is 0 Å². The summed E-state index contributed by atoms with van der Waals surface area (Å²) in [4.78, 5) is 25.7. The lowest BCUT2D eigenvalue weighted by Gasteiger charge is -2.11. The molecule has 2 aromatic carbocycles. The topological polar surface area (TPSA) is 115 Å². The molecule has 3 aromatic rings. The molecule has 3 N–H and O–H groups in total. The molecule has 0 saturated heterocycles. The zero-order valence-corrected chi connectivity index (χ0v) is 17.6. The Bertz CT molecular complexity index is 1300. The monoisotopic (exact) mass is 426 g/mol. The summed E-state index contributed by atoms with van der Waals surface area (Å²) in [5.74, 6) is -0.119. The van der Waals surface area contributed by atoms with Gasteiger partial charge in [-0.05, 0) is 49.1 Å². The number of carbonyl (C=O) groups is 2. The van der Waals surface area contributed by atoms with Crippen LogP contribution in [-0.4, -0.2) is 39.4 Å². The van der Waals surface area contributed by atoms with Crippen LogP contribution in [0.2, 0.25) is 0 Å². The Labute approximate surface area is 184 Å². The van der Waals surface area contributed by atoms with Gasteiger partial charge in [0.25, 0.3) is 5.91 Å². The lowest BCUT2D eigenvalue weighted by molar-refractivity contribution is 0.0950. The van der Waals surface area contributed by atoms with Crippen molar-refractivity contribution in [1.82, 2.24) is 15.1 Å². The van der Waals surface area contributed by atoms with E-state index in [0.29, 0.717) is 28.8 Å². The van der Waals surface area contributed by atoms with Crippen LogP contribution in [0, 0.1) is 6.92 Å². The number of benzene rings is 2. The zero-order chi connectivity index (χ0) is 22.2. The number of nitrogens with one attached hydrogen (secondary N) is 1. The van der Waals surface area contributed by atoms with Crippen molar-refractivity contribution in [2.45, 2.75) is 32.2 Å². The molecule has 0 atom stereocenters. The van der Waals surface area contributed by atoms with Gasteiger partial charge in [-0.1, -0.05) is 24.3 Å². The maximum absolute atomic E-state index is 13.2. The van der Waals surface area contributed by atoms with Gasteiger partial charge in [0.1, 0.15) is 5.82 Å². The lowest BCUT2D eigenvalue weighted by Crippen LogP contribution is -2.25. The summed E-state index contributed by atoms with van der Waals surface area (Å²) in [7, 11) is 0. The Balaban J connectivity index is 1.45. The second kappa shape index (κ2) is 7.88. The highest BCUT2D eigenvalue weighted by Crippen LogP contribution is 2.25. The van der Waals surface area contributed by atoms with Gasteiger partial charge in [-0.3, -0.25) is 9.59 Å². The Morgan fingerprint density at radius 2 is 1.97 bits per heavy atom. The van der Waals surface area contributed by atoms with E-state index in [1.54, 1.807) is 30.5 Å². The summed E-state index contributed by atoms with van der Waals surface area (Å²) in [6.45, 7) is 1.91. The van der Waals surface area contributed by atoms with Crippen LogP contribution >= 0.6 is 0 Å². The van der Waals surface area contributed by atoms with Gasteiger partial charge in [0, 0.05) is 29.8 Å². The van der Waals surface area contributed by atoms with Gasteiger partial charge in [-0.2, -0.15) is 15.3 Å². The van der Waals surface area contributed by atoms with E-state index in [4.69, 9.17) is 5.73 Å². The molecule has 32 heavy (non-hydrogen) atoms. The van der Waals surface area contributed by atoms with E-state index >= 15 is 0 Å². The lowest BCUT2D eigenvalue weighted by atomic mass is 10.00. The standard InChI is InChI=1S/C24H22N6O2/c1-14-5-6-17(24(32)28-18-7-8-18)12-21(14)30-23(25)19(13-27-30)22(31)16-4-2-3-15(11-16)20-9-10-26-29-20/h2-6,10-13,18H,7-9,25H2,1H3,(H,28,32). The van der Waals surface area contributed by atoms with Crippen LogP contribution < -0.4 is 11.1 Å². The van der Waals surface area contributed by atoms with Crippen LogP contribution in [0.1, 0.15) is 56.7 Å². The van der Waals surface area contributed by atoms with Gasteiger partial charge in [0.2, 0.25) is 0 Å². The van der Waals surface area contributed by atoms with Crippen molar-refractivity contribution in [2.24, 2.45) is 10.2 Å². The van der Waals surface area contributed by atoms with Gasteiger partial charge in [-0.25, -0.2) is 4.68 Å². The number of hydrogen-bond acceptors (Lipinski definition) is 6. The molecule has 5 rings (SSSR count). The number of nitrogens with two attached hydrogens (primary N) is 1. The molecular formula is C24H22N6O2. The summed E-state index contributed by atoms with van der Waals surface area (Å²) in [6.07, 6.45) is 5.87. The third-order valence-corrected chi connectivity index (χ3v) is 5.67. The molecule has 2 heterocycles. The highest BCUT2D eigenvalue weighted by molar-refractivity contribution is 6.14. The number of nitrogen functional groups attached to an aromatic ring is 1. The number of aryl methyl sites for hydroxylation is 1. The number of rotatable bonds is 6. The second-order valence-electron chi connectivity index (χ2n) is 8.06. The fraction of sp³-hybridized carbons (Fsp3) is 0.208. The Hall–Kier alpha value is -4.07. The van der Waals surface area contributed by atoms with Crippen LogP contribution in [0.4, 0.5) is 5.82 Å². The Morgan fingerprint density at radius 3 is 2.72 bits per heavy atom. The van der Waals surface area contributed by atoms with Crippen LogP contribution in [0.25, 0.3) is 5.69 Å². The molecule has 0 bridgehead atoms. The van der Waals surface area contributed by atoms with Crippen molar-refractivity contribution in [3.8, 4) is 5.69 Å². The first kappa shape index (κ1) is 19.9. The average Bonchev–Trinajstić information content (AvgIpc) is 3.29. The Morgan fingerprint density at radius 1 is 1.12 bits per heavy atom. The van der Waals surface area contributed by atoms with Crippen molar-refractivity contribution in [3.05, 3.63) is 76.5 Å². The van der Waals surface area contributed by atoms with Crippen molar-refractivity contribution in [1.29, 1.82) is 0 Å². The molecular weight excluding hydrogens is 404 g/mol. The summed E-state index contributed by atoms with van der Waals surface area (Å²) < 4.78 is 1.51. The van der Waals surface area contributed by atoms with Gasteiger partial charge in [-0.15, -0.1) is 0 Å². The van der Waals surface area contributed by atoms with Gasteiger partial charge in [0.15, 0.2) is 5.78 Å². The minimum Gasteiger partial charge on any atom is -0.383 e. The molecule has 1 aliphatic heterocycles. The largest absolute Gasteiger partial charge is 0.383 e. The first-order chi connectivity index (χ1) is 15.5. The van der Waals surface area contributed by atoms with Crippen molar-refractivity contribution in [3.63, 3.8) is 0 Å². The molecule has 8 nitrogen and oxygen atoms in total. The number of amides is 1. The molecule has 0 spiro atoms. The number of hydrogen-bond donors (Lipinski definition) is 2. The van der Waals surface area contributed by atoms with E-state index in [1.165, 1.54) is 10.9 Å². The molecule has 1 aromatic heterocycles. The minimum atomic E-state index is -0.226. The summed E-state index contributed by atoms with van der Waals surface area (Å²) in [5, 5.41) is 15.3. The molecule has 1 aliphatic carbocycles. The van der Waals surface area contributed by atoms with Gasteiger partial charge in [0.05, 0.1) is 23.2 Å². The maximum Gasteiger partial charge on any atom is 0.251 e. The van der Waals surface area contributed by atoms with Crippen LogP contribution in [-0.2, 0) is 0 Å². The van der Waals surface area contributed by atoms with E-state index in [-0.39, 0.29) is 23.6 Å². The number of carbonyl (C=O) groups excluding carboxylic acids is 2. The van der Waals surface area contributed by atoms with Crippen molar-refractivity contribution >= 4 is 29.4 Å². The number of ketones is 1. The van der Waals surface area contributed by atoms with Crippen molar-refractivity contribution in [2.75, 3.05) is 5.73 Å². The molecule has 8 heteroatoms. The zero-order valence-electron chi connectivity index (χ0n) is 17.6. The molecule has 1 amide bonds. The highest BCUT2D eigenvalue weighted by atomic mass is 16.1. The molecule has 1 saturated carbocycles. The van der Waals surface area contributed by atoms with E-state index < -0.39 is 0 Å². The SMILES string of the molecule is Cc1ccc(C(=O)NC2CC2)cc1-n1ncc(C(=O)c2cccc(C3=NN=CC3)c2)c1N. The normalized spacial score (nSPS) is 15.0. The van der Waals surface area contributed by atoms with Crippen LogP contribution in [0.3, 0.4) is 0 Å². The van der Waals surface area contributed by atoms with Gasteiger partial charge < -0.3 is 11.1 Å². The summed E-state index contributed by atoms with van der Waals surface area (Å²) in [5.41, 5.74) is 10.9. The minimum absolute atomic E-state index is 0.119. The fourth-order valence-corrected chi connectivity index (χ4v) is 3.65. The third-order valence-electron chi connectivity index (χ3n) is 5.67. The van der Waals surface area contributed by atoms with E-state index in [2.05, 4.69) is 20.6 Å². The first-order valence-corrected chi connectivity index (χ1v) is 10.5. The molecule has 1 fully saturated rings. The fourth-order valence-electron chi connectivity index (χ4n) is 3.65. The number of nitrogens with zero attached hydrogens (tertiary/aromatic N) is 4. The number of anilines is 1. The molecule has 0 radical (unpaired) electrons. The maximum atomic E-state index is 13.2. The second-order valence-corrected chi connectivity index (χ2v) is 8.06. The van der Waals surface area contributed by atoms with Crippen LogP contribution in [0.15, 0.2) is 58.9 Å².